The second-order valence-corrected chi connectivity index (χ2v) is 7.16. The summed E-state index contributed by atoms with van der Waals surface area (Å²) in [5.74, 6) is 0. The van der Waals surface area contributed by atoms with Gasteiger partial charge in [-0.2, -0.15) is 0 Å². The molecule has 4 aromatic rings. The minimum Gasteiger partial charge on any atom is -0.373 e. The average molecular weight is 374 g/mol. The third kappa shape index (κ3) is 3.64. The SMILES string of the molecule is Cc1ccc(C)c(C(Nc2cccnc2)c2cc(Cl)c3cccnc3c2)c1. The zero-order chi connectivity index (χ0) is 18.8. The number of pyridine rings is 2. The van der Waals surface area contributed by atoms with Gasteiger partial charge in [0.15, 0.2) is 0 Å². The Morgan fingerprint density at radius 2 is 1.81 bits per heavy atom. The molecule has 27 heavy (non-hydrogen) atoms. The highest BCUT2D eigenvalue weighted by Crippen LogP contribution is 2.33. The molecule has 2 heterocycles. The van der Waals surface area contributed by atoms with Gasteiger partial charge in [-0.3, -0.25) is 9.97 Å². The molecule has 134 valence electrons. The molecule has 3 nitrogen and oxygen atoms in total. The molecule has 1 N–H and O–H groups in total. The van der Waals surface area contributed by atoms with E-state index in [4.69, 9.17) is 11.6 Å². The molecule has 0 bridgehead atoms. The zero-order valence-corrected chi connectivity index (χ0v) is 16.0. The highest BCUT2D eigenvalue weighted by Gasteiger charge is 2.18. The van der Waals surface area contributed by atoms with Gasteiger partial charge in [0.2, 0.25) is 0 Å². The van der Waals surface area contributed by atoms with Crippen LogP contribution in [0.5, 0.6) is 0 Å². The van der Waals surface area contributed by atoms with Gasteiger partial charge in [-0.1, -0.05) is 35.4 Å². The predicted molar refractivity (Wildman–Crippen MR) is 112 cm³/mol. The second-order valence-electron chi connectivity index (χ2n) is 6.75. The number of hydrogen-bond donors (Lipinski definition) is 1. The number of halogens is 1. The van der Waals surface area contributed by atoms with Crippen LogP contribution >= 0.6 is 11.6 Å². The van der Waals surface area contributed by atoms with Gasteiger partial charge in [0.25, 0.3) is 0 Å². The maximum Gasteiger partial charge on any atom is 0.0771 e. The minimum atomic E-state index is -0.0574. The third-order valence-corrected chi connectivity index (χ3v) is 5.06. The van der Waals surface area contributed by atoms with Crippen LogP contribution in [0.3, 0.4) is 0 Å². The largest absolute Gasteiger partial charge is 0.373 e. The Bertz CT molecular complexity index is 1090. The summed E-state index contributed by atoms with van der Waals surface area (Å²) in [5, 5.41) is 5.29. The Morgan fingerprint density at radius 1 is 0.963 bits per heavy atom. The Labute approximate surface area is 164 Å². The van der Waals surface area contributed by atoms with Gasteiger partial charge < -0.3 is 5.32 Å². The van der Waals surface area contributed by atoms with Crippen LogP contribution in [0.2, 0.25) is 5.02 Å². The van der Waals surface area contributed by atoms with Crippen LogP contribution in [0, 0.1) is 13.8 Å². The predicted octanol–water partition coefficient (Wildman–Crippen LogP) is 6.10. The summed E-state index contributed by atoms with van der Waals surface area (Å²) in [6.45, 7) is 4.24. The van der Waals surface area contributed by atoms with Crippen molar-refractivity contribution in [3.05, 3.63) is 100 Å². The van der Waals surface area contributed by atoms with E-state index in [1.807, 2.05) is 36.5 Å². The maximum absolute atomic E-state index is 6.59. The van der Waals surface area contributed by atoms with Crippen LogP contribution in [-0.2, 0) is 0 Å². The zero-order valence-electron chi connectivity index (χ0n) is 15.3. The van der Waals surface area contributed by atoms with Gasteiger partial charge in [0.1, 0.15) is 0 Å². The lowest BCUT2D eigenvalue weighted by Crippen LogP contribution is -2.14. The van der Waals surface area contributed by atoms with E-state index < -0.39 is 0 Å². The molecule has 0 aliphatic rings. The maximum atomic E-state index is 6.59. The van der Waals surface area contributed by atoms with Gasteiger partial charge in [-0.25, -0.2) is 0 Å². The van der Waals surface area contributed by atoms with Gasteiger partial charge in [-0.15, -0.1) is 0 Å². The van der Waals surface area contributed by atoms with E-state index in [0.717, 1.165) is 22.2 Å². The van der Waals surface area contributed by atoms with Crippen molar-refractivity contribution in [1.29, 1.82) is 0 Å². The summed E-state index contributed by atoms with van der Waals surface area (Å²) >= 11 is 6.59. The number of anilines is 1. The lowest BCUT2D eigenvalue weighted by Gasteiger charge is -2.24. The summed E-state index contributed by atoms with van der Waals surface area (Å²) < 4.78 is 0. The number of aromatic nitrogens is 2. The number of rotatable bonds is 4. The first-order valence-corrected chi connectivity index (χ1v) is 9.27. The molecule has 0 aliphatic carbocycles. The monoisotopic (exact) mass is 373 g/mol. The lowest BCUT2D eigenvalue weighted by molar-refractivity contribution is 0.923. The topological polar surface area (TPSA) is 37.8 Å². The average Bonchev–Trinajstić information content (AvgIpc) is 2.69. The number of nitrogens with one attached hydrogen (secondary N) is 1. The number of nitrogens with zero attached hydrogens (tertiary/aromatic N) is 2. The van der Waals surface area contributed by atoms with Crippen molar-refractivity contribution in [2.45, 2.75) is 19.9 Å². The van der Waals surface area contributed by atoms with E-state index in [9.17, 15) is 0 Å². The van der Waals surface area contributed by atoms with Crippen LogP contribution in [0.25, 0.3) is 10.9 Å². The standard InChI is InChI=1S/C23H20ClN3/c1-15-7-8-16(2)20(11-15)23(27-18-5-3-9-25-14-18)17-12-21(24)19-6-4-10-26-22(19)13-17/h3-14,23,27H,1-2H3. The molecule has 2 aromatic heterocycles. The van der Waals surface area contributed by atoms with E-state index in [-0.39, 0.29) is 6.04 Å². The van der Waals surface area contributed by atoms with Crippen LogP contribution in [0.15, 0.2) is 73.2 Å². The molecule has 0 fully saturated rings. The molecule has 2 aromatic carbocycles. The summed E-state index contributed by atoms with van der Waals surface area (Å²) in [7, 11) is 0. The van der Waals surface area contributed by atoms with E-state index in [0.29, 0.717) is 5.02 Å². The van der Waals surface area contributed by atoms with Gasteiger partial charge in [0, 0.05) is 24.0 Å². The van der Waals surface area contributed by atoms with E-state index in [2.05, 4.69) is 53.4 Å². The molecule has 0 spiro atoms. The Balaban J connectivity index is 1.88. The molecule has 4 rings (SSSR count). The molecule has 0 saturated carbocycles. The molecular weight excluding hydrogens is 354 g/mol. The molecular formula is C23H20ClN3. The molecule has 1 unspecified atom stereocenters. The van der Waals surface area contributed by atoms with E-state index in [1.165, 1.54) is 16.7 Å². The first-order chi connectivity index (χ1) is 13.1. The van der Waals surface area contributed by atoms with Crippen LogP contribution in [0.4, 0.5) is 5.69 Å². The summed E-state index contributed by atoms with van der Waals surface area (Å²) in [6.07, 6.45) is 5.40. The van der Waals surface area contributed by atoms with Gasteiger partial charge in [-0.05, 0) is 66.9 Å². The van der Waals surface area contributed by atoms with Crippen molar-refractivity contribution in [3.63, 3.8) is 0 Å². The fourth-order valence-corrected chi connectivity index (χ4v) is 3.64. The first kappa shape index (κ1) is 17.5. The fraction of sp³-hybridized carbons (Fsp3) is 0.130. The number of fused-ring (bicyclic) bond motifs is 1. The fourth-order valence-electron chi connectivity index (χ4n) is 3.35. The number of aryl methyl sites for hydroxylation is 2. The smallest absolute Gasteiger partial charge is 0.0771 e. The first-order valence-electron chi connectivity index (χ1n) is 8.90. The van der Waals surface area contributed by atoms with E-state index in [1.54, 1.807) is 12.4 Å². The summed E-state index contributed by atoms with van der Waals surface area (Å²) in [4.78, 5) is 8.73. The van der Waals surface area contributed by atoms with Crippen LogP contribution < -0.4 is 5.32 Å². The van der Waals surface area contributed by atoms with E-state index >= 15 is 0 Å². The second kappa shape index (κ2) is 7.37. The normalized spacial score (nSPS) is 12.1. The lowest BCUT2D eigenvalue weighted by atomic mass is 9.92. The van der Waals surface area contributed by atoms with Crippen molar-refractivity contribution in [2.75, 3.05) is 5.32 Å². The van der Waals surface area contributed by atoms with Gasteiger partial charge >= 0.3 is 0 Å². The molecule has 4 heteroatoms. The van der Waals surface area contributed by atoms with Gasteiger partial charge in [0.05, 0.1) is 22.3 Å². The van der Waals surface area contributed by atoms with Crippen LogP contribution in [0.1, 0.15) is 28.3 Å². The summed E-state index contributed by atoms with van der Waals surface area (Å²) in [6, 6.07) is 18.4. The third-order valence-electron chi connectivity index (χ3n) is 4.74. The number of hydrogen-bond acceptors (Lipinski definition) is 3. The Morgan fingerprint density at radius 3 is 2.63 bits per heavy atom. The highest BCUT2D eigenvalue weighted by molar-refractivity contribution is 6.35. The highest BCUT2D eigenvalue weighted by atomic mass is 35.5. The van der Waals surface area contributed by atoms with Crippen LogP contribution in [-0.4, -0.2) is 9.97 Å². The quantitative estimate of drug-likeness (QED) is 0.469. The van der Waals surface area contributed by atoms with Crippen molar-refractivity contribution in [3.8, 4) is 0 Å². The van der Waals surface area contributed by atoms with Crippen molar-refractivity contribution >= 4 is 28.2 Å². The molecule has 0 radical (unpaired) electrons. The molecule has 1 atom stereocenters. The Kier molecular flexibility index (Phi) is 4.78. The molecule has 0 aliphatic heterocycles. The Hall–Kier alpha value is -2.91. The number of benzene rings is 2. The summed E-state index contributed by atoms with van der Waals surface area (Å²) in [5.41, 5.74) is 6.58. The molecule has 0 saturated heterocycles. The van der Waals surface area contributed by atoms with Crippen molar-refractivity contribution in [2.24, 2.45) is 0 Å². The minimum absolute atomic E-state index is 0.0574. The molecule has 0 amide bonds. The van der Waals surface area contributed by atoms with Crippen molar-refractivity contribution in [1.82, 2.24) is 9.97 Å². The van der Waals surface area contributed by atoms with Crippen molar-refractivity contribution < 1.29 is 0 Å².